The van der Waals surface area contributed by atoms with Gasteiger partial charge in [0.1, 0.15) is 0 Å². The predicted octanol–water partition coefficient (Wildman–Crippen LogP) is 0.691. The van der Waals surface area contributed by atoms with E-state index in [0.29, 0.717) is 0 Å². The summed E-state index contributed by atoms with van der Waals surface area (Å²) >= 11 is 0. The largest absolute Gasteiger partial charge is 0.468 e. The lowest BCUT2D eigenvalue weighted by Gasteiger charge is -2.15. The minimum Gasteiger partial charge on any atom is -0.468 e. The molecule has 0 radical (unpaired) electrons. The van der Waals surface area contributed by atoms with Crippen LogP contribution in [0.15, 0.2) is 24.3 Å². The van der Waals surface area contributed by atoms with Crippen LogP contribution < -0.4 is 0 Å². The van der Waals surface area contributed by atoms with Crippen molar-refractivity contribution in [1.29, 1.82) is 0 Å². The predicted molar refractivity (Wildman–Crippen MR) is 49.3 cm³/mol. The van der Waals surface area contributed by atoms with E-state index < -0.39 is 17.9 Å². The van der Waals surface area contributed by atoms with Crippen molar-refractivity contribution >= 4 is 11.9 Å². The molecule has 0 atom stereocenters. The molecule has 14 heavy (non-hydrogen) atoms. The molecule has 0 amide bonds. The maximum absolute atomic E-state index is 11.3. The highest BCUT2D eigenvalue weighted by atomic mass is 16.5. The van der Waals surface area contributed by atoms with E-state index in [1.54, 1.807) is 24.3 Å². The van der Waals surface area contributed by atoms with Gasteiger partial charge in [-0.15, -0.1) is 0 Å². The van der Waals surface area contributed by atoms with Gasteiger partial charge in [0.2, 0.25) is 0 Å². The molecule has 1 rings (SSSR count). The molecule has 0 aromatic heterocycles. The highest BCUT2D eigenvalue weighted by Gasteiger charge is 2.34. The molecule has 0 bridgehead atoms. The first-order chi connectivity index (χ1) is 6.70. The first-order valence-electron chi connectivity index (χ1n) is 4.21. The number of esters is 2. The Labute approximate surface area is 82.2 Å². The van der Waals surface area contributed by atoms with Crippen LogP contribution in [0.3, 0.4) is 0 Å². The normalized spacial score (nSPS) is 14.8. The molecule has 4 heteroatoms. The molecule has 76 valence electrons. The van der Waals surface area contributed by atoms with Crippen molar-refractivity contribution in [3.05, 3.63) is 24.3 Å². The summed E-state index contributed by atoms with van der Waals surface area (Å²) in [7, 11) is 2.50. The van der Waals surface area contributed by atoms with Crippen molar-refractivity contribution in [2.45, 2.75) is 0 Å². The molecule has 0 saturated heterocycles. The van der Waals surface area contributed by atoms with Crippen molar-refractivity contribution in [1.82, 2.24) is 0 Å². The quantitative estimate of drug-likeness (QED) is 0.492. The van der Waals surface area contributed by atoms with Crippen LogP contribution in [0.4, 0.5) is 0 Å². The third-order valence-electron chi connectivity index (χ3n) is 2.07. The Bertz CT molecular complexity index is 262. The summed E-state index contributed by atoms with van der Waals surface area (Å²) < 4.78 is 9.08. The molecule has 0 spiro atoms. The summed E-state index contributed by atoms with van der Waals surface area (Å²) in [4.78, 5) is 22.6. The average Bonchev–Trinajstić information content (AvgIpc) is 2.70. The SMILES string of the molecule is COC(=O)C(C(=O)OC)C1C=CC=C1. The molecular weight excluding hydrogens is 184 g/mol. The first kappa shape index (κ1) is 10.5. The summed E-state index contributed by atoms with van der Waals surface area (Å²) in [6, 6.07) is 0. The zero-order valence-corrected chi connectivity index (χ0v) is 8.10. The zero-order chi connectivity index (χ0) is 10.6. The van der Waals surface area contributed by atoms with Crippen LogP contribution >= 0.6 is 0 Å². The lowest BCUT2D eigenvalue weighted by Crippen LogP contribution is -2.31. The minimum absolute atomic E-state index is 0.255. The molecule has 0 aromatic carbocycles. The van der Waals surface area contributed by atoms with Crippen molar-refractivity contribution in [3.8, 4) is 0 Å². The van der Waals surface area contributed by atoms with Gasteiger partial charge in [0.05, 0.1) is 14.2 Å². The number of carbonyl (C=O) groups is 2. The van der Waals surface area contributed by atoms with Crippen LogP contribution in [0, 0.1) is 11.8 Å². The van der Waals surface area contributed by atoms with Crippen molar-refractivity contribution < 1.29 is 19.1 Å². The summed E-state index contributed by atoms with van der Waals surface area (Å²) in [5.41, 5.74) is 0. The van der Waals surface area contributed by atoms with Gasteiger partial charge in [0, 0.05) is 5.92 Å². The third kappa shape index (κ3) is 2.02. The lowest BCUT2D eigenvalue weighted by molar-refractivity contribution is -0.159. The molecule has 0 aliphatic heterocycles. The Balaban J connectivity index is 2.81. The van der Waals surface area contributed by atoms with E-state index in [1.165, 1.54) is 14.2 Å². The second kappa shape index (κ2) is 4.60. The molecule has 0 N–H and O–H groups in total. The Hall–Kier alpha value is -1.58. The zero-order valence-electron chi connectivity index (χ0n) is 8.10. The van der Waals surface area contributed by atoms with E-state index >= 15 is 0 Å². The van der Waals surface area contributed by atoms with Gasteiger partial charge in [0.25, 0.3) is 0 Å². The molecule has 1 aliphatic rings. The lowest BCUT2D eigenvalue weighted by atomic mass is 9.94. The standard InChI is InChI=1S/C10H12O4/c1-13-9(11)8(10(12)14-2)7-5-3-4-6-7/h3-8H,1-2H3. The Morgan fingerprint density at radius 1 is 1.07 bits per heavy atom. The smallest absolute Gasteiger partial charge is 0.320 e. The van der Waals surface area contributed by atoms with Crippen LogP contribution in [-0.2, 0) is 19.1 Å². The summed E-state index contributed by atoms with van der Waals surface area (Å²) in [5.74, 6) is -2.29. The molecule has 1 aliphatic carbocycles. The molecule has 0 heterocycles. The van der Waals surface area contributed by atoms with Gasteiger partial charge >= 0.3 is 11.9 Å². The van der Waals surface area contributed by atoms with Crippen LogP contribution in [0.5, 0.6) is 0 Å². The number of rotatable bonds is 3. The van der Waals surface area contributed by atoms with Gasteiger partial charge in [0.15, 0.2) is 5.92 Å². The maximum atomic E-state index is 11.3. The van der Waals surface area contributed by atoms with Gasteiger partial charge < -0.3 is 9.47 Å². The number of carbonyl (C=O) groups excluding carboxylic acids is 2. The van der Waals surface area contributed by atoms with E-state index in [-0.39, 0.29) is 5.92 Å². The fourth-order valence-corrected chi connectivity index (χ4v) is 1.34. The average molecular weight is 196 g/mol. The number of methoxy groups -OCH3 is 2. The van der Waals surface area contributed by atoms with Gasteiger partial charge in [-0.05, 0) is 0 Å². The van der Waals surface area contributed by atoms with Crippen molar-refractivity contribution in [3.63, 3.8) is 0 Å². The fourth-order valence-electron chi connectivity index (χ4n) is 1.34. The van der Waals surface area contributed by atoms with Gasteiger partial charge in [-0.1, -0.05) is 24.3 Å². The van der Waals surface area contributed by atoms with Gasteiger partial charge in [-0.3, -0.25) is 9.59 Å². The Morgan fingerprint density at radius 3 is 1.86 bits per heavy atom. The monoisotopic (exact) mass is 196 g/mol. The van der Waals surface area contributed by atoms with Crippen LogP contribution in [0.25, 0.3) is 0 Å². The van der Waals surface area contributed by atoms with E-state index in [9.17, 15) is 9.59 Å². The molecule has 0 aromatic rings. The second-order valence-corrected chi connectivity index (χ2v) is 2.87. The number of hydrogen-bond donors (Lipinski definition) is 0. The van der Waals surface area contributed by atoms with Crippen LogP contribution in [0.1, 0.15) is 0 Å². The van der Waals surface area contributed by atoms with E-state index in [4.69, 9.17) is 0 Å². The fraction of sp³-hybridized carbons (Fsp3) is 0.400. The Morgan fingerprint density at radius 2 is 1.50 bits per heavy atom. The summed E-state index contributed by atoms with van der Waals surface area (Å²) in [6.07, 6.45) is 7.09. The first-order valence-corrected chi connectivity index (χ1v) is 4.21. The highest BCUT2D eigenvalue weighted by Crippen LogP contribution is 2.22. The molecule has 0 saturated carbocycles. The molecular formula is C10H12O4. The molecule has 0 fully saturated rings. The van der Waals surface area contributed by atoms with Crippen LogP contribution in [0.2, 0.25) is 0 Å². The topological polar surface area (TPSA) is 52.6 Å². The van der Waals surface area contributed by atoms with Crippen molar-refractivity contribution in [2.75, 3.05) is 14.2 Å². The van der Waals surface area contributed by atoms with Gasteiger partial charge in [-0.25, -0.2) is 0 Å². The molecule has 4 nitrogen and oxygen atoms in total. The number of allylic oxidation sites excluding steroid dienone is 4. The maximum Gasteiger partial charge on any atom is 0.320 e. The second-order valence-electron chi connectivity index (χ2n) is 2.87. The number of hydrogen-bond acceptors (Lipinski definition) is 4. The van der Waals surface area contributed by atoms with E-state index in [2.05, 4.69) is 9.47 Å². The number of ether oxygens (including phenoxy) is 2. The van der Waals surface area contributed by atoms with E-state index in [0.717, 1.165) is 0 Å². The summed E-state index contributed by atoms with van der Waals surface area (Å²) in [5, 5.41) is 0. The Kier molecular flexibility index (Phi) is 3.45. The van der Waals surface area contributed by atoms with Crippen molar-refractivity contribution in [2.24, 2.45) is 11.8 Å². The van der Waals surface area contributed by atoms with E-state index in [1.807, 2.05) is 0 Å². The van der Waals surface area contributed by atoms with Crippen LogP contribution in [-0.4, -0.2) is 26.2 Å². The summed E-state index contributed by atoms with van der Waals surface area (Å²) in [6.45, 7) is 0. The molecule has 0 unspecified atom stereocenters. The highest BCUT2D eigenvalue weighted by molar-refractivity contribution is 5.95. The third-order valence-corrected chi connectivity index (χ3v) is 2.07. The minimum atomic E-state index is -0.889. The van der Waals surface area contributed by atoms with Gasteiger partial charge in [-0.2, -0.15) is 0 Å².